The van der Waals surface area contributed by atoms with Crippen molar-refractivity contribution in [2.45, 2.75) is 53.6 Å². The third kappa shape index (κ3) is 5.75. The minimum Gasteiger partial charge on any atom is -0.391 e. The number of hydrogen-bond acceptors (Lipinski definition) is 4. The number of aliphatic hydroxyl groups is 1. The van der Waals surface area contributed by atoms with E-state index in [1.165, 1.54) is 0 Å². The summed E-state index contributed by atoms with van der Waals surface area (Å²) in [5.41, 5.74) is 1.78. The van der Waals surface area contributed by atoms with Crippen LogP contribution < -0.4 is 10.6 Å². The van der Waals surface area contributed by atoms with E-state index in [2.05, 4.69) is 15.8 Å². The third-order valence-corrected chi connectivity index (χ3v) is 3.53. The molecule has 0 fully saturated rings. The number of urea groups is 1. The maximum absolute atomic E-state index is 11.6. The van der Waals surface area contributed by atoms with Crippen LogP contribution in [0, 0.1) is 19.3 Å². The lowest BCUT2D eigenvalue weighted by Gasteiger charge is -2.25. The second-order valence-corrected chi connectivity index (χ2v) is 6.42. The lowest BCUT2D eigenvalue weighted by atomic mass is 9.89. The Labute approximate surface area is 126 Å². The Kier molecular flexibility index (Phi) is 6.20. The zero-order valence-electron chi connectivity index (χ0n) is 13.6. The van der Waals surface area contributed by atoms with Crippen LogP contribution >= 0.6 is 0 Å². The Morgan fingerprint density at radius 3 is 2.52 bits per heavy atom. The van der Waals surface area contributed by atoms with E-state index in [0.717, 1.165) is 29.9 Å². The van der Waals surface area contributed by atoms with Crippen molar-refractivity contribution in [2.24, 2.45) is 5.41 Å². The van der Waals surface area contributed by atoms with Crippen LogP contribution in [0.2, 0.25) is 0 Å². The molecule has 2 amide bonds. The Balaban J connectivity index is 2.20. The van der Waals surface area contributed by atoms with Gasteiger partial charge in [0.1, 0.15) is 5.76 Å². The summed E-state index contributed by atoms with van der Waals surface area (Å²) in [7, 11) is 0. The number of aromatic nitrogens is 1. The van der Waals surface area contributed by atoms with Gasteiger partial charge in [0, 0.05) is 18.7 Å². The largest absolute Gasteiger partial charge is 0.391 e. The van der Waals surface area contributed by atoms with Crippen LogP contribution in [0.5, 0.6) is 0 Å². The van der Waals surface area contributed by atoms with Crippen LogP contribution in [-0.2, 0) is 6.42 Å². The first-order chi connectivity index (χ1) is 9.71. The lowest BCUT2D eigenvalue weighted by molar-refractivity contribution is 0.0650. The fourth-order valence-corrected chi connectivity index (χ4v) is 1.88. The summed E-state index contributed by atoms with van der Waals surface area (Å²) in [6.45, 7) is 10.4. The SMILES string of the molecule is Cc1noc(C)c1CCCNC(=O)NCC(O)C(C)(C)C. The van der Waals surface area contributed by atoms with Crippen LogP contribution in [-0.4, -0.2) is 35.5 Å². The fraction of sp³-hybridized carbons (Fsp3) is 0.733. The minimum atomic E-state index is -0.564. The molecule has 0 aliphatic rings. The minimum absolute atomic E-state index is 0.239. The molecule has 120 valence electrons. The summed E-state index contributed by atoms with van der Waals surface area (Å²) >= 11 is 0. The quantitative estimate of drug-likeness (QED) is 0.700. The number of carbonyl (C=O) groups is 1. The molecule has 0 aromatic carbocycles. The van der Waals surface area contributed by atoms with Gasteiger partial charge in [0.2, 0.25) is 0 Å². The van der Waals surface area contributed by atoms with Gasteiger partial charge in [-0.25, -0.2) is 4.79 Å². The van der Waals surface area contributed by atoms with Crippen molar-refractivity contribution < 1.29 is 14.4 Å². The van der Waals surface area contributed by atoms with Gasteiger partial charge >= 0.3 is 6.03 Å². The van der Waals surface area contributed by atoms with Crippen LogP contribution in [0.3, 0.4) is 0 Å². The summed E-state index contributed by atoms with van der Waals surface area (Å²) in [5.74, 6) is 0.838. The van der Waals surface area contributed by atoms with E-state index in [-0.39, 0.29) is 18.0 Å². The Hall–Kier alpha value is -1.56. The molecule has 1 atom stereocenters. The van der Waals surface area contributed by atoms with Gasteiger partial charge in [-0.2, -0.15) is 0 Å². The van der Waals surface area contributed by atoms with Crippen LogP contribution in [0.15, 0.2) is 4.52 Å². The van der Waals surface area contributed by atoms with Crippen molar-refractivity contribution in [1.82, 2.24) is 15.8 Å². The highest BCUT2D eigenvalue weighted by Crippen LogP contribution is 2.18. The monoisotopic (exact) mass is 297 g/mol. The molecule has 0 spiro atoms. The van der Waals surface area contributed by atoms with Gasteiger partial charge in [-0.3, -0.25) is 0 Å². The number of aliphatic hydroxyl groups excluding tert-OH is 1. The standard InChI is InChI=1S/C15H27N3O3/c1-10-12(11(2)21-18-10)7-6-8-16-14(20)17-9-13(19)15(3,4)5/h13,19H,6-9H2,1-5H3,(H2,16,17,20). The van der Waals surface area contributed by atoms with Gasteiger partial charge in [0.05, 0.1) is 11.8 Å². The summed E-state index contributed by atoms with van der Waals surface area (Å²) in [6.07, 6.45) is 1.08. The number of carbonyl (C=O) groups excluding carboxylic acids is 1. The first-order valence-electron chi connectivity index (χ1n) is 7.33. The molecule has 6 nitrogen and oxygen atoms in total. The van der Waals surface area contributed by atoms with Crippen LogP contribution in [0.1, 0.15) is 44.2 Å². The maximum Gasteiger partial charge on any atom is 0.314 e. The van der Waals surface area contributed by atoms with Crippen molar-refractivity contribution in [1.29, 1.82) is 0 Å². The van der Waals surface area contributed by atoms with E-state index in [1.807, 2.05) is 34.6 Å². The molecule has 0 aliphatic carbocycles. The molecule has 1 rings (SSSR count). The molecule has 3 N–H and O–H groups in total. The van der Waals surface area contributed by atoms with E-state index in [1.54, 1.807) is 0 Å². The van der Waals surface area contributed by atoms with E-state index in [9.17, 15) is 9.90 Å². The van der Waals surface area contributed by atoms with Gasteiger partial charge in [-0.05, 0) is 32.1 Å². The molecule has 1 aromatic heterocycles. The van der Waals surface area contributed by atoms with E-state index in [0.29, 0.717) is 6.54 Å². The molecule has 0 radical (unpaired) electrons. The number of nitrogens with zero attached hydrogens (tertiary/aromatic N) is 1. The summed E-state index contributed by atoms with van der Waals surface area (Å²) in [5, 5.41) is 19.2. The van der Waals surface area contributed by atoms with Crippen molar-refractivity contribution in [3.05, 3.63) is 17.0 Å². The van der Waals surface area contributed by atoms with Gasteiger partial charge in [-0.15, -0.1) is 0 Å². The van der Waals surface area contributed by atoms with Gasteiger partial charge in [0.25, 0.3) is 0 Å². The predicted molar refractivity (Wildman–Crippen MR) is 81.2 cm³/mol. The first kappa shape index (κ1) is 17.5. The van der Waals surface area contributed by atoms with Crippen molar-refractivity contribution >= 4 is 6.03 Å². The molecule has 0 saturated heterocycles. The molecule has 1 unspecified atom stereocenters. The zero-order chi connectivity index (χ0) is 16.0. The second kappa shape index (κ2) is 7.45. The van der Waals surface area contributed by atoms with Gasteiger partial charge in [0.15, 0.2) is 0 Å². The third-order valence-electron chi connectivity index (χ3n) is 3.53. The zero-order valence-corrected chi connectivity index (χ0v) is 13.6. The predicted octanol–water partition coefficient (Wildman–Crippen LogP) is 1.93. The van der Waals surface area contributed by atoms with Crippen LogP contribution in [0.25, 0.3) is 0 Å². The van der Waals surface area contributed by atoms with E-state index >= 15 is 0 Å². The summed E-state index contributed by atoms with van der Waals surface area (Å²) in [6, 6.07) is -0.253. The fourth-order valence-electron chi connectivity index (χ4n) is 1.88. The smallest absolute Gasteiger partial charge is 0.314 e. The molecule has 1 aromatic rings. The number of hydrogen-bond donors (Lipinski definition) is 3. The van der Waals surface area contributed by atoms with Crippen molar-refractivity contribution in [2.75, 3.05) is 13.1 Å². The lowest BCUT2D eigenvalue weighted by Crippen LogP contribution is -2.43. The molecular formula is C15H27N3O3. The normalized spacial score (nSPS) is 13.0. The first-order valence-corrected chi connectivity index (χ1v) is 7.33. The Morgan fingerprint density at radius 2 is 2.00 bits per heavy atom. The molecule has 0 bridgehead atoms. The Bertz CT molecular complexity index is 444. The van der Waals surface area contributed by atoms with E-state index < -0.39 is 6.10 Å². The van der Waals surface area contributed by atoms with Crippen LogP contribution in [0.4, 0.5) is 4.79 Å². The number of amides is 2. The highest BCUT2D eigenvalue weighted by molar-refractivity contribution is 5.73. The summed E-state index contributed by atoms with van der Waals surface area (Å²) in [4.78, 5) is 11.6. The molecule has 21 heavy (non-hydrogen) atoms. The number of aryl methyl sites for hydroxylation is 2. The number of rotatable bonds is 6. The Morgan fingerprint density at radius 1 is 1.33 bits per heavy atom. The average Bonchev–Trinajstić information content (AvgIpc) is 2.70. The molecule has 0 aliphatic heterocycles. The highest BCUT2D eigenvalue weighted by atomic mass is 16.5. The van der Waals surface area contributed by atoms with Crippen molar-refractivity contribution in [3.63, 3.8) is 0 Å². The van der Waals surface area contributed by atoms with Gasteiger partial charge < -0.3 is 20.3 Å². The topological polar surface area (TPSA) is 87.4 Å². The molecular weight excluding hydrogens is 270 g/mol. The van der Waals surface area contributed by atoms with Crippen molar-refractivity contribution in [3.8, 4) is 0 Å². The molecule has 6 heteroatoms. The maximum atomic E-state index is 11.6. The van der Waals surface area contributed by atoms with Gasteiger partial charge in [-0.1, -0.05) is 25.9 Å². The molecule has 0 saturated carbocycles. The van der Waals surface area contributed by atoms with E-state index in [4.69, 9.17) is 4.52 Å². The molecule has 1 heterocycles. The average molecular weight is 297 g/mol. The second-order valence-electron chi connectivity index (χ2n) is 6.42. The highest BCUT2D eigenvalue weighted by Gasteiger charge is 2.22. The number of nitrogens with one attached hydrogen (secondary N) is 2. The summed E-state index contributed by atoms with van der Waals surface area (Å²) < 4.78 is 5.09.